The van der Waals surface area contributed by atoms with E-state index in [4.69, 9.17) is 5.26 Å². The molecule has 0 aliphatic rings. The summed E-state index contributed by atoms with van der Waals surface area (Å²) in [5.41, 5.74) is 5.70. The lowest BCUT2D eigenvalue weighted by Crippen LogP contribution is -2.01. The average molecular weight is 631 g/mol. The third-order valence-electron chi connectivity index (χ3n) is 8.82. The summed E-state index contributed by atoms with van der Waals surface area (Å²) in [6.45, 7) is 0. The van der Waals surface area contributed by atoms with Gasteiger partial charge in [-0.15, -0.1) is 0 Å². The van der Waals surface area contributed by atoms with Crippen LogP contribution in [0.15, 0.2) is 133 Å². The Morgan fingerprint density at radius 3 is 1.52 bits per heavy atom. The zero-order valence-electron chi connectivity index (χ0n) is 25.1. The van der Waals surface area contributed by atoms with E-state index in [-0.39, 0.29) is 11.8 Å². The number of para-hydroxylation sites is 1. The molecule has 1 heterocycles. The van der Waals surface area contributed by atoms with E-state index in [0.29, 0.717) is 21.9 Å². The van der Waals surface area contributed by atoms with Gasteiger partial charge < -0.3 is 0 Å². The number of pyridine rings is 1. The quantitative estimate of drug-likeness (QED) is 0.110. The van der Waals surface area contributed by atoms with E-state index < -0.39 is 28.8 Å². The minimum Gasteiger partial charge on any atom is -0.247 e. The van der Waals surface area contributed by atoms with Crippen molar-refractivity contribution in [3.63, 3.8) is 0 Å². The Hall–Kier alpha value is -6.32. The third-order valence-corrected chi connectivity index (χ3v) is 8.82. The highest BCUT2D eigenvalue weighted by Gasteiger charge is 2.25. The molecule has 0 bridgehead atoms. The minimum absolute atomic E-state index is 0.178. The second-order valence-corrected chi connectivity index (χ2v) is 11.6. The van der Waals surface area contributed by atoms with E-state index in [1.54, 1.807) is 30.3 Å². The zero-order valence-corrected chi connectivity index (χ0v) is 25.1. The summed E-state index contributed by atoms with van der Waals surface area (Å²) in [5, 5.41) is 12.6. The summed E-state index contributed by atoms with van der Waals surface area (Å²) < 4.78 is 59.7. The number of hydrogen-bond acceptors (Lipinski definition) is 2. The summed E-state index contributed by atoms with van der Waals surface area (Å²) in [6, 6.07) is 42.6. The first-order valence-electron chi connectivity index (χ1n) is 15.2. The lowest BCUT2D eigenvalue weighted by Gasteiger charge is -2.17. The third kappa shape index (κ3) is 4.76. The van der Waals surface area contributed by atoms with Crippen LogP contribution >= 0.6 is 0 Å². The molecule has 0 unspecified atom stereocenters. The fourth-order valence-corrected chi connectivity index (χ4v) is 6.46. The monoisotopic (exact) mass is 630 g/mol. The van der Waals surface area contributed by atoms with Crippen LogP contribution in [0.3, 0.4) is 0 Å². The van der Waals surface area contributed by atoms with Crippen molar-refractivity contribution in [2.75, 3.05) is 0 Å². The van der Waals surface area contributed by atoms with Crippen molar-refractivity contribution in [2.24, 2.45) is 0 Å². The van der Waals surface area contributed by atoms with Gasteiger partial charge in [-0.1, -0.05) is 103 Å². The van der Waals surface area contributed by atoms with Crippen LogP contribution in [0.4, 0.5) is 17.6 Å². The summed E-state index contributed by atoms with van der Waals surface area (Å²) in [5.74, 6) is -5.98. The highest BCUT2D eigenvalue weighted by atomic mass is 19.2. The molecule has 0 amide bonds. The van der Waals surface area contributed by atoms with Crippen molar-refractivity contribution in [2.45, 2.75) is 0 Å². The number of nitrogens with zero attached hydrogens (tertiary/aromatic N) is 2. The summed E-state index contributed by atoms with van der Waals surface area (Å²) >= 11 is 0. The first kappa shape index (κ1) is 29.1. The van der Waals surface area contributed by atoms with Gasteiger partial charge in [-0.05, 0) is 68.4 Å². The molecule has 7 aromatic carbocycles. The Kier molecular flexibility index (Phi) is 6.96. The molecule has 2 nitrogen and oxygen atoms in total. The number of nitriles is 1. The van der Waals surface area contributed by atoms with Gasteiger partial charge >= 0.3 is 0 Å². The zero-order chi connectivity index (χ0) is 32.9. The summed E-state index contributed by atoms with van der Waals surface area (Å²) in [4.78, 5) is 4.58. The van der Waals surface area contributed by atoms with Gasteiger partial charge in [0, 0.05) is 22.2 Å². The van der Waals surface area contributed by atoms with Crippen molar-refractivity contribution >= 4 is 32.4 Å². The fraction of sp³-hybridized carbons (Fsp3) is 0. The molecule has 6 heteroatoms. The molecular formula is C42H22F4N2. The van der Waals surface area contributed by atoms with Gasteiger partial charge in [0.2, 0.25) is 0 Å². The van der Waals surface area contributed by atoms with Crippen LogP contribution in [0.2, 0.25) is 0 Å². The number of hydrogen-bond donors (Lipinski definition) is 0. The molecule has 0 saturated heterocycles. The number of halogens is 4. The maximum absolute atomic E-state index is 15.3. The van der Waals surface area contributed by atoms with Crippen LogP contribution in [-0.4, -0.2) is 4.98 Å². The first-order chi connectivity index (χ1) is 23.4. The normalized spacial score (nSPS) is 11.3. The maximum Gasteiger partial charge on any atom is 0.171 e. The minimum atomic E-state index is -1.50. The molecule has 0 atom stereocenters. The van der Waals surface area contributed by atoms with Gasteiger partial charge in [0.05, 0.1) is 28.4 Å². The average Bonchev–Trinajstić information content (AvgIpc) is 3.14. The molecule has 0 spiro atoms. The summed E-state index contributed by atoms with van der Waals surface area (Å²) in [6.07, 6.45) is 0. The molecule has 48 heavy (non-hydrogen) atoms. The van der Waals surface area contributed by atoms with Gasteiger partial charge in [-0.25, -0.2) is 22.5 Å². The Morgan fingerprint density at radius 2 is 0.958 bits per heavy atom. The van der Waals surface area contributed by atoms with E-state index in [9.17, 15) is 8.78 Å². The number of fused-ring (bicyclic) bond motifs is 5. The Bertz CT molecular complexity index is 2560. The van der Waals surface area contributed by atoms with E-state index in [1.807, 2.05) is 97.1 Å². The predicted molar refractivity (Wildman–Crippen MR) is 183 cm³/mol. The van der Waals surface area contributed by atoms with Crippen molar-refractivity contribution in [3.05, 3.63) is 162 Å². The van der Waals surface area contributed by atoms with Gasteiger partial charge in [-0.2, -0.15) is 5.26 Å². The van der Waals surface area contributed by atoms with Gasteiger partial charge in [-0.3, -0.25) is 0 Å². The first-order valence-corrected chi connectivity index (χ1v) is 15.2. The molecule has 8 aromatic rings. The molecule has 0 saturated carbocycles. The molecule has 1 aromatic heterocycles. The fourth-order valence-electron chi connectivity index (χ4n) is 6.46. The van der Waals surface area contributed by atoms with Crippen LogP contribution < -0.4 is 0 Å². The molecular weight excluding hydrogens is 608 g/mol. The summed E-state index contributed by atoms with van der Waals surface area (Å²) in [7, 11) is 0. The van der Waals surface area contributed by atoms with Gasteiger partial charge in [0.15, 0.2) is 23.3 Å². The van der Waals surface area contributed by atoms with E-state index >= 15 is 8.78 Å². The molecule has 8 rings (SSSR count). The SMILES string of the molecule is N#Cc1ccc(-c2ccc(-c3ccc(-c4cc5c(-c6c(F)c(F)cc(F)c6F)nc6ccccc6c5c5ccccc45)cc3)cc2)cc1. The van der Waals surface area contributed by atoms with Crippen LogP contribution in [-0.2, 0) is 0 Å². The van der Waals surface area contributed by atoms with Crippen LogP contribution in [0, 0.1) is 34.6 Å². The lowest BCUT2D eigenvalue weighted by molar-refractivity contribution is 0.458. The van der Waals surface area contributed by atoms with Gasteiger partial charge in [0.25, 0.3) is 0 Å². The predicted octanol–water partition coefficient (Wildman–Crippen LogP) is 11.6. The molecule has 0 aliphatic heterocycles. The van der Waals surface area contributed by atoms with Crippen LogP contribution in [0.25, 0.3) is 77.1 Å². The number of rotatable bonds is 4. The van der Waals surface area contributed by atoms with E-state index in [0.717, 1.165) is 49.5 Å². The standard InChI is InChI=1S/C42H22F4N2/c43-35-22-36(44)41(46)39(40(35)45)42-34-21-33(30-5-1-2-6-31(30)38(34)32-7-3-4-8-37(32)48-42)29-19-17-28(18-20-29)27-15-13-26(14-16-27)25-11-9-24(23-47)10-12-25/h1-22H. The van der Waals surface area contributed by atoms with Crippen LogP contribution in [0.5, 0.6) is 0 Å². The second kappa shape index (κ2) is 11.5. The Labute approximate surface area is 272 Å². The molecule has 0 radical (unpaired) electrons. The van der Waals surface area contributed by atoms with E-state index in [2.05, 4.69) is 11.1 Å². The number of benzene rings is 7. The topological polar surface area (TPSA) is 36.7 Å². The highest BCUT2D eigenvalue weighted by molar-refractivity contribution is 6.25. The Balaban J connectivity index is 1.29. The highest BCUT2D eigenvalue weighted by Crippen LogP contribution is 2.43. The maximum atomic E-state index is 15.3. The molecule has 0 N–H and O–H groups in total. The van der Waals surface area contributed by atoms with E-state index in [1.165, 1.54) is 0 Å². The van der Waals surface area contributed by atoms with Crippen LogP contribution in [0.1, 0.15) is 5.56 Å². The smallest absolute Gasteiger partial charge is 0.171 e. The Morgan fingerprint density at radius 1 is 0.479 bits per heavy atom. The van der Waals surface area contributed by atoms with Crippen molar-refractivity contribution in [1.29, 1.82) is 5.26 Å². The van der Waals surface area contributed by atoms with Crippen molar-refractivity contribution in [1.82, 2.24) is 4.98 Å². The van der Waals surface area contributed by atoms with Gasteiger partial charge in [0.1, 0.15) is 0 Å². The van der Waals surface area contributed by atoms with Crippen molar-refractivity contribution in [3.8, 4) is 50.7 Å². The molecule has 0 aliphatic carbocycles. The lowest BCUT2D eigenvalue weighted by atomic mass is 9.89. The molecule has 0 fully saturated rings. The molecule has 228 valence electrons. The largest absolute Gasteiger partial charge is 0.247 e. The number of aromatic nitrogens is 1. The second-order valence-electron chi connectivity index (χ2n) is 11.6. The van der Waals surface area contributed by atoms with Crippen molar-refractivity contribution < 1.29 is 17.6 Å².